The molecule has 2 nitrogen and oxygen atoms in total. The highest BCUT2D eigenvalue weighted by Gasteiger charge is 2.20. The molecule has 0 atom stereocenters. The van der Waals surface area contributed by atoms with Crippen LogP contribution in [0.5, 0.6) is 0 Å². The number of ether oxygens (including phenoxy) is 1. The minimum absolute atomic E-state index is 0.0989. The second-order valence-electron chi connectivity index (χ2n) is 3.45. The van der Waals surface area contributed by atoms with Crippen molar-refractivity contribution in [2.45, 2.75) is 33.6 Å². The third-order valence-corrected chi connectivity index (χ3v) is 1.72. The van der Waals surface area contributed by atoms with E-state index in [0.717, 1.165) is 17.8 Å². The molecule has 1 aliphatic rings. The lowest BCUT2D eigenvalue weighted by Gasteiger charge is -2.05. The Morgan fingerprint density at radius 3 is 2.55 bits per heavy atom. The molecule has 62 valence electrons. The summed E-state index contributed by atoms with van der Waals surface area (Å²) in [6.07, 6.45) is 1.37. The highest BCUT2D eigenvalue weighted by atomic mass is 16.5. The average molecular weight is 154 g/mol. The Morgan fingerprint density at radius 2 is 2.18 bits per heavy atom. The molecule has 0 N–H and O–H groups in total. The van der Waals surface area contributed by atoms with E-state index in [2.05, 4.69) is 13.8 Å². The van der Waals surface area contributed by atoms with Crippen LogP contribution in [0.1, 0.15) is 33.6 Å². The van der Waals surface area contributed by atoms with Crippen molar-refractivity contribution in [3.8, 4) is 0 Å². The van der Waals surface area contributed by atoms with Crippen LogP contribution in [0.3, 0.4) is 0 Å². The van der Waals surface area contributed by atoms with Gasteiger partial charge in [-0.2, -0.15) is 0 Å². The van der Waals surface area contributed by atoms with Crippen LogP contribution in [0, 0.1) is 5.92 Å². The predicted molar refractivity (Wildman–Crippen MR) is 42.9 cm³/mol. The van der Waals surface area contributed by atoms with Gasteiger partial charge < -0.3 is 4.74 Å². The summed E-state index contributed by atoms with van der Waals surface area (Å²) in [5.41, 5.74) is 1.10. The summed E-state index contributed by atoms with van der Waals surface area (Å²) in [7, 11) is 0. The van der Waals surface area contributed by atoms with Gasteiger partial charge in [0.25, 0.3) is 0 Å². The number of carbonyl (C=O) groups excluding carboxylic acids is 1. The Balaban J connectivity index is 2.57. The maximum absolute atomic E-state index is 10.8. The molecule has 1 rings (SSSR count). The first kappa shape index (κ1) is 8.31. The van der Waals surface area contributed by atoms with Gasteiger partial charge in [0.05, 0.1) is 6.42 Å². The predicted octanol–water partition coefficient (Wildman–Crippen LogP) is 2.25. The first-order valence-electron chi connectivity index (χ1n) is 3.99. The lowest BCUT2D eigenvalue weighted by Crippen LogP contribution is -1.96. The monoisotopic (exact) mass is 154 g/mol. The fraction of sp³-hybridized carbons (Fsp3) is 0.667. The summed E-state index contributed by atoms with van der Waals surface area (Å²) >= 11 is 0. The smallest absolute Gasteiger partial charge is 0.315 e. The molecule has 1 heterocycles. The highest BCUT2D eigenvalue weighted by Crippen LogP contribution is 2.25. The van der Waals surface area contributed by atoms with Crippen molar-refractivity contribution in [1.29, 1.82) is 0 Å². The van der Waals surface area contributed by atoms with Crippen LogP contribution in [0.2, 0.25) is 0 Å². The first-order valence-corrected chi connectivity index (χ1v) is 3.99. The Hall–Kier alpha value is -0.790. The summed E-state index contributed by atoms with van der Waals surface area (Å²) in [4.78, 5) is 10.8. The molecule has 0 fully saturated rings. The molecule has 0 aromatic rings. The summed E-state index contributed by atoms with van der Waals surface area (Å²) in [6.45, 7) is 6.20. The zero-order chi connectivity index (χ0) is 8.43. The van der Waals surface area contributed by atoms with E-state index in [1.165, 1.54) is 0 Å². The number of carbonyl (C=O) groups is 1. The van der Waals surface area contributed by atoms with Crippen molar-refractivity contribution in [2.24, 2.45) is 5.92 Å². The third kappa shape index (κ3) is 2.07. The number of esters is 1. The van der Waals surface area contributed by atoms with E-state index >= 15 is 0 Å². The molecule has 1 aliphatic heterocycles. The average Bonchev–Trinajstić information content (AvgIpc) is 2.09. The molecule has 0 bridgehead atoms. The van der Waals surface area contributed by atoms with Gasteiger partial charge in [0.2, 0.25) is 0 Å². The molecule has 0 aromatic carbocycles. The zero-order valence-electron chi connectivity index (χ0n) is 7.31. The third-order valence-electron chi connectivity index (χ3n) is 1.72. The molecule has 0 aromatic heterocycles. The van der Waals surface area contributed by atoms with Gasteiger partial charge in [-0.25, -0.2) is 0 Å². The summed E-state index contributed by atoms with van der Waals surface area (Å²) in [5, 5.41) is 0. The van der Waals surface area contributed by atoms with Crippen LogP contribution < -0.4 is 0 Å². The number of rotatable bonds is 2. The van der Waals surface area contributed by atoms with E-state index in [4.69, 9.17) is 4.74 Å². The summed E-state index contributed by atoms with van der Waals surface area (Å²) < 4.78 is 5.03. The minimum atomic E-state index is -0.0989. The molecule has 0 aliphatic carbocycles. The van der Waals surface area contributed by atoms with Crippen LogP contribution in [0.4, 0.5) is 0 Å². The largest absolute Gasteiger partial charge is 0.431 e. The van der Waals surface area contributed by atoms with Crippen molar-refractivity contribution in [3.63, 3.8) is 0 Å². The van der Waals surface area contributed by atoms with Crippen LogP contribution in [0.15, 0.2) is 11.3 Å². The number of allylic oxidation sites excluding steroid dienone is 1. The van der Waals surface area contributed by atoms with Gasteiger partial charge in [-0.15, -0.1) is 0 Å². The molecular weight excluding hydrogens is 140 g/mol. The molecule has 0 saturated heterocycles. The van der Waals surface area contributed by atoms with Crippen molar-refractivity contribution < 1.29 is 9.53 Å². The summed E-state index contributed by atoms with van der Waals surface area (Å²) in [5.74, 6) is 1.36. The van der Waals surface area contributed by atoms with E-state index < -0.39 is 0 Å². The standard InChI is InChI=1S/C9H14O2/c1-6(2)4-8-7(3)5-9(10)11-8/h6H,4-5H2,1-3H3. The quantitative estimate of drug-likeness (QED) is 0.570. The van der Waals surface area contributed by atoms with Crippen LogP contribution in [-0.2, 0) is 9.53 Å². The lowest BCUT2D eigenvalue weighted by molar-refractivity contribution is -0.136. The maximum atomic E-state index is 10.8. The molecular formula is C9H14O2. The number of hydrogen-bond acceptors (Lipinski definition) is 2. The fourth-order valence-corrected chi connectivity index (χ4v) is 1.16. The van der Waals surface area contributed by atoms with Crippen molar-refractivity contribution in [1.82, 2.24) is 0 Å². The van der Waals surface area contributed by atoms with E-state index in [1.54, 1.807) is 0 Å². The molecule has 0 amide bonds. The van der Waals surface area contributed by atoms with Gasteiger partial charge in [0, 0.05) is 6.42 Å². The minimum Gasteiger partial charge on any atom is -0.431 e. The first-order chi connectivity index (χ1) is 5.09. The molecule has 11 heavy (non-hydrogen) atoms. The van der Waals surface area contributed by atoms with Crippen molar-refractivity contribution in [2.75, 3.05) is 0 Å². The normalized spacial score (nSPS) is 18.0. The van der Waals surface area contributed by atoms with Gasteiger partial charge in [0.1, 0.15) is 5.76 Å². The van der Waals surface area contributed by atoms with E-state index in [0.29, 0.717) is 12.3 Å². The maximum Gasteiger partial charge on any atom is 0.315 e. The second-order valence-corrected chi connectivity index (χ2v) is 3.45. The molecule has 0 saturated carbocycles. The van der Waals surface area contributed by atoms with Crippen LogP contribution in [-0.4, -0.2) is 5.97 Å². The molecule has 0 unspecified atom stereocenters. The van der Waals surface area contributed by atoms with Crippen LogP contribution >= 0.6 is 0 Å². The van der Waals surface area contributed by atoms with Gasteiger partial charge in [-0.1, -0.05) is 13.8 Å². The fourth-order valence-electron chi connectivity index (χ4n) is 1.16. The highest BCUT2D eigenvalue weighted by molar-refractivity contribution is 5.76. The Labute approximate surface area is 67.2 Å². The summed E-state index contributed by atoms with van der Waals surface area (Å²) in [6, 6.07) is 0. The Bertz CT molecular complexity index is 202. The van der Waals surface area contributed by atoms with Crippen molar-refractivity contribution in [3.05, 3.63) is 11.3 Å². The number of cyclic esters (lactones) is 1. The lowest BCUT2D eigenvalue weighted by atomic mass is 10.1. The van der Waals surface area contributed by atoms with Gasteiger partial charge in [0.15, 0.2) is 0 Å². The topological polar surface area (TPSA) is 26.3 Å². The van der Waals surface area contributed by atoms with Gasteiger partial charge >= 0.3 is 5.97 Å². The van der Waals surface area contributed by atoms with E-state index in [-0.39, 0.29) is 5.97 Å². The van der Waals surface area contributed by atoms with Gasteiger partial charge in [-0.3, -0.25) is 4.79 Å². The molecule has 0 radical (unpaired) electrons. The Kier molecular flexibility index (Phi) is 2.32. The molecule has 2 heteroatoms. The number of hydrogen-bond donors (Lipinski definition) is 0. The van der Waals surface area contributed by atoms with Crippen LogP contribution in [0.25, 0.3) is 0 Å². The molecule has 0 spiro atoms. The Morgan fingerprint density at radius 1 is 1.55 bits per heavy atom. The van der Waals surface area contributed by atoms with E-state index in [9.17, 15) is 4.79 Å². The van der Waals surface area contributed by atoms with Gasteiger partial charge in [-0.05, 0) is 18.4 Å². The van der Waals surface area contributed by atoms with Crippen molar-refractivity contribution >= 4 is 5.97 Å². The SMILES string of the molecule is CC1=C(CC(C)C)OC(=O)C1. The second kappa shape index (κ2) is 3.07. The van der Waals surface area contributed by atoms with E-state index in [1.807, 2.05) is 6.92 Å². The zero-order valence-corrected chi connectivity index (χ0v) is 7.31.